The lowest BCUT2D eigenvalue weighted by Crippen LogP contribution is -2.09. The zero-order valence-electron chi connectivity index (χ0n) is 5.25. The summed E-state index contributed by atoms with van der Waals surface area (Å²) in [5.74, 6) is -0.305. The normalized spacial score (nSPS) is 11.3. The summed E-state index contributed by atoms with van der Waals surface area (Å²) >= 11 is 0. The zero-order valence-corrected chi connectivity index (χ0v) is 6.06. The van der Waals surface area contributed by atoms with Crippen molar-refractivity contribution in [2.24, 2.45) is 0 Å². The van der Waals surface area contributed by atoms with E-state index in [2.05, 4.69) is 4.18 Å². The molecule has 0 aliphatic heterocycles. The fourth-order valence-corrected chi connectivity index (χ4v) is 0.570. The van der Waals surface area contributed by atoms with E-state index in [-0.39, 0.29) is 12.4 Å². The Labute approximate surface area is 53.9 Å². The molecule has 54 valence electrons. The number of ketones is 1. The van der Waals surface area contributed by atoms with Crippen LogP contribution in [-0.2, 0) is 19.1 Å². The first-order chi connectivity index (χ1) is 3.92. The molecule has 0 spiro atoms. The van der Waals surface area contributed by atoms with Crippen molar-refractivity contribution >= 4 is 15.9 Å². The van der Waals surface area contributed by atoms with Crippen molar-refractivity contribution in [1.82, 2.24) is 0 Å². The molecular formula is C4H8O4S. The van der Waals surface area contributed by atoms with Gasteiger partial charge >= 0.3 is 0 Å². The number of carbonyl (C=O) groups is 1. The molecule has 0 N–H and O–H groups in total. The van der Waals surface area contributed by atoms with E-state index in [1.165, 1.54) is 6.92 Å². The number of hydrogen-bond acceptors (Lipinski definition) is 4. The Morgan fingerprint density at radius 3 is 2.11 bits per heavy atom. The standard InChI is InChI=1S/C4H8O4S/c1-4(5)3-8-9(2,6)7/h3H2,1-2H3. The van der Waals surface area contributed by atoms with Gasteiger partial charge in [-0.15, -0.1) is 0 Å². The Kier molecular flexibility index (Phi) is 2.80. The molecule has 0 bridgehead atoms. The minimum Gasteiger partial charge on any atom is -0.297 e. The topological polar surface area (TPSA) is 60.4 Å². The van der Waals surface area contributed by atoms with Gasteiger partial charge in [-0.1, -0.05) is 0 Å². The number of hydrogen-bond donors (Lipinski definition) is 0. The van der Waals surface area contributed by atoms with Crippen LogP contribution in [0.4, 0.5) is 0 Å². The highest BCUT2D eigenvalue weighted by Gasteiger charge is 2.01. The van der Waals surface area contributed by atoms with Gasteiger partial charge in [0.25, 0.3) is 10.1 Å². The lowest BCUT2D eigenvalue weighted by Gasteiger charge is -1.94. The van der Waals surface area contributed by atoms with Crippen LogP contribution in [0.3, 0.4) is 0 Å². The summed E-state index contributed by atoms with van der Waals surface area (Å²) in [7, 11) is -3.44. The average Bonchev–Trinajstić information content (AvgIpc) is 1.59. The molecule has 0 aromatic carbocycles. The Bertz CT molecular complexity index is 191. The van der Waals surface area contributed by atoms with Crippen LogP contribution in [0.15, 0.2) is 0 Å². The van der Waals surface area contributed by atoms with E-state index in [4.69, 9.17) is 0 Å². The van der Waals surface area contributed by atoms with Crippen LogP contribution < -0.4 is 0 Å². The van der Waals surface area contributed by atoms with Crippen LogP contribution in [0.1, 0.15) is 6.92 Å². The monoisotopic (exact) mass is 152 g/mol. The second-order valence-corrected chi connectivity index (χ2v) is 3.31. The summed E-state index contributed by atoms with van der Waals surface area (Å²) in [6, 6.07) is 0. The minimum atomic E-state index is -3.44. The number of rotatable bonds is 3. The highest BCUT2D eigenvalue weighted by molar-refractivity contribution is 7.86. The third-order valence-corrected chi connectivity index (χ3v) is 1.02. The van der Waals surface area contributed by atoms with Gasteiger partial charge in [0, 0.05) is 0 Å². The second-order valence-electron chi connectivity index (χ2n) is 1.67. The largest absolute Gasteiger partial charge is 0.297 e. The van der Waals surface area contributed by atoms with Gasteiger partial charge in [-0.25, -0.2) is 0 Å². The molecule has 0 aromatic heterocycles. The molecule has 0 saturated heterocycles. The Hall–Kier alpha value is -0.420. The minimum absolute atomic E-state index is 0.305. The summed E-state index contributed by atoms with van der Waals surface area (Å²) in [4.78, 5) is 10.1. The summed E-state index contributed by atoms with van der Waals surface area (Å²) < 4.78 is 24.4. The van der Waals surface area contributed by atoms with E-state index in [1.54, 1.807) is 0 Å². The van der Waals surface area contributed by atoms with E-state index in [9.17, 15) is 13.2 Å². The number of carbonyl (C=O) groups excluding carboxylic acids is 1. The summed E-state index contributed by atoms with van der Waals surface area (Å²) in [5, 5.41) is 0. The summed E-state index contributed by atoms with van der Waals surface area (Å²) in [5.41, 5.74) is 0. The van der Waals surface area contributed by atoms with Crippen LogP contribution in [0.5, 0.6) is 0 Å². The maximum Gasteiger partial charge on any atom is 0.264 e. The summed E-state index contributed by atoms with van der Waals surface area (Å²) in [6.45, 7) is 0.893. The smallest absolute Gasteiger partial charge is 0.264 e. The highest BCUT2D eigenvalue weighted by Crippen LogP contribution is 1.85. The lowest BCUT2D eigenvalue weighted by molar-refractivity contribution is -0.118. The molecule has 0 rings (SSSR count). The van der Waals surface area contributed by atoms with Gasteiger partial charge in [-0.05, 0) is 6.92 Å². The van der Waals surface area contributed by atoms with Crippen molar-refractivity contribution in [3.63, 3.8) is 0 Å². The molecule has 0 saturated carbocycles. The first kappa shape index (κ1) is 8.58. The fraction of sp³-hybridized carbons (Fsp3) is 0.750. The van der Waals surface area contributed by atoms with E-state index in [0.717, 1.165) is 6.26 Å². The maximum atomic E-state index is 10.2. The molecule has 0 amide bonds. The Morgan fingerprint density at radius 1 is 1.56 bits per heavy atom. The molecule has 0 radical (unpaired) electrons. The van der Waals surface area contributed by atoms with Crippen molar-refractivity contribution in [1.29, 1.82) is 0 Å². The fourth-order valence-electron chi connectivity index (χ4n) is 0.190. The first-order valence-electron chi connectivity index (χ1n) is 2.25. The summed E-state index contributed by atoms with van der Waals surface area (Å²) in [6.07, 6.45) is 0.899. The van der Waals surface area contributed by atoms with Gasteiger partial charge in [-0.2, -0.15) is 8.42 Å². The average molecular weight is 152 g/mol. The molecule has 0 aromatic rings. The van der Waals surface area contributed by atoms with Crippen LogP contribution in [0, 0.1) is 0 Å². The van der Waals surface area contributed by atoms with E-state index in [1.807, 2.05) is 0 Å². The van der Waals surface area contributed by atoms with Crippen molar-refractivity contribution in [3.8, 4) is 0 Å². The first-order valence-corrected chi connectivity index (χ1v) is 4.07. The van der Waals surface area contributed by atoms with Gasteiger partial charge in [-0.3, -0.25) is 8.98 Å². The molecule has 0 heterocycles. The maximum absolute atomic E-state index is 10.2. The molecule has 0 unspecified atom stereocenters. The second kappa shape index (κ2) is 2.93. The Morgan fingerprint density at radius 2 is 2.00 bits per heavy atom. The third kappa shape index (κ3) is 7.58. The molecule has 9 heavy (non-hydrogen) atoms. The molecule has 0 aliphatic rings. The number of Topliss-reactive ketones (excluding diaryl/α,β-unsaturated/α-hetero) is 1. The van der Waals surface area contributed by atoms with Gasteiger partial charge in [0.05, 0.1) is 6.26 Å². The van der Waals surface area contributed by atoms with Gasteiger partial charge in [0.15, 0.2) is 5.78 Å². The quantitative estimate of drug-likeness (QED) is 0.514. The lowest BCUT2D eigenvalue weighted by atomic mass is 10.5. The van der Waals surface area contributed by atoms with Gasteiger partial charge < -0.3 is 0 Å². The molecule has 5 heteroatoms. The molecule has 0 aliphatic carbocycles. The molecule has 0 atom stereocenters. The molecule has 0 fully saturated rings. The molecular weight excluding hydrogens is 144 g/mol. The van der Waals surface area contributed by atoms with E-state index >= 15 is 0 Å². The van der Waals surface area contributed by atoms with Crippen LogP contribution in [-0.4, -0.2) is 27.1 Å². The SMILES string of the molecule is CC(=O)COS(C)(=O)=O. The zero-order chi connectivity index (χ0) is 7.49. The highest BCUT2D eigenvalue weighted by atomic mass is 32.2. The van der Waals surface area contributed by atoms with Crippen molar-refractivity contribution in [2.45, 2.75) is 6.92 Å². The van der Waals surface area contributed by atoms with E-state index in [0.29, 0.717) is 0 Å². The third-order valence-electron chi connectivity index (χ3n) is 0.476. The van der Waals surface area contributed by atoms with Crippen molar-refractivity contribution < 1.29 is 17.4 Å². The van der Waals surface area contributed by atoms with Crippen LogP contribution >= 0.6 is 0 Å². The van der Waals surface area contributed by atoms with Crippen molar-refractivity contribution in [2.75, 3.05) is 12.9 Å². The molecule has 4 nitrogen and oxygen atoms in total. The predicted octanol–water partition coefficient (Wildman–Crippen LogP) is -0.448. The van der Waals surface area contributed by atoms with Crippen LogP contribution in [0.25, 0.3) is 0 Å². The Balaban J connectivity index is 3.67. The predicted molar refractivity (Wildman–Crippen MR) is 31.5 cm³/mol. The van der Waals surface area contributed by atoms with Gasteiger partial charge in [0.2, 0.25) is 0 Å². The van der Waals surface area contributed by atoms with Gasteiger partial charge in [0.1, 0.15) is 6.61 Å². The van der Waals surface area contributed by atoms with Crippen molar-refractivity contribution in [3.05, 3.63) is 0 Å². The van der Waals surface area contributed by atoms with E-state index < -0.39 is 10.1 Å². The van der Waals surface area contributed by atoms with Crippen LogP contribution in [0.2, 0.25) is 0 Å².